The minimum atomic E-state index is -0.703. The van der Waals surface area contributed by atoms with Crippen molar-refractivity contribution in [2.45, 2.75) is 50.4 Å². The van der Waals surface area contributed by atoms with Gasteiger partial charge in [0, 0.05) is 6.61 Å². The second-order valence-electron chi connectivity index (χ2n) is 6.83. The van der Waals surface area contributed by atoms with Crippen LogP contribution in [-0.4, -0.2) is 37.4 Å². The topological polar surface area (TPSA) is 73.9 Å². The summed E-state index contributed by atoms with van der Waals surface area (Å²) in [7, 11) is 1.34. The molecule has 25 heavy (non-hydrogen) atoms. The Hall–Kier alpha value is -2.08. The number of ether oxygens (including phenoxy) is 3. The number of amides is 1. The van der Waals surface area contributed by atoms with Gasteiger partial charge in [-0.2, -0.15) is 0 Å². The van der Waals surface area contributed by atoms with Crippen molar-refractivity contribution in [2.75, 3.05) is 13.7 Å². The molecule has 1 aromatic carbocycles. The maximum absolute atomic E-state index is 12.2. The second-order valence-corrected chi connectivity index (χ2v) is 6.83. The van der Waals surface area contributed by atoms with Crippen LogP contribution in [0, 0.1) is 5.92 Å². The second kappa shape index (κ2) is 7.87. The number of carbonyl (C=O) groups is 2. The zero-order chi connectivity index (χ0) is 17.7. The monoisotopic (exact) mass is 347 g/mol. The predicted octanol–water partition coefficient (Wildman–Crippen LogP) is 2.80. The van der Waals surface area contributed by atoms with Gasteiger partial charge in [0.1, 0.15) is 12.6 Å². The van der Waals surface area contributed by atoms with E-state index < -0.39 is 18.1 Å². The summed E-state index contributed by atoms with van der Waals surface area (Å²) in [6, 6.07) is 8.72. The van der Waals surface area contributed by atoms with E-state index in [-0.39, 0.29) is 18.1 Å². The van der Waals surface area contributed by atoms with Gasteiger partial charge >= 0.3 is 12.1 Å². The molecule has 1 aromatic rings. The van der Waals surface area contributed by atoms with E-state index in [1.807, 2.05) is 30.3 Å². The molecule has 6 nitrogen and oxygen atoms in total. The van der Waals surface area contributed by atoms with Crippen molar-refractivity contribution in [1.82, 2.24) is 5.32 Å². The standard InChI is InChI=1S/C19H25NO5/c1-23-17(21)16(15-7-9-19(10-11-19)25-12-8-15)20-18(22)24-13-14-5-3-2-4-6-14/h2-6,15-16H,7-13H2,1H3,(H,20,22)/t15-,16?/m1/s1. The summed E-state index contributed by atoms with van der Waals surface area (Å²) in [5.74, 6) is -0.440. The minimum absolute atomic E-state index is 0.00306. The molecule has 1 aliphatic heterocycles. The Morgan fingerprint density at radius 1 is 1.24 bits per heavy atom. The van der Waals surface area contributed by atoms with Crippen molar-refractivity contribution in [3.05, 3.63) is 35.9 Å². The Labute approximate surface area is 147 Å². The average Bonchev–Trinajstić information content (AvgIpc) is 3.44. The summed E-state index contributed by atoms with van der Waals surface area (Å²) < 4.78 is 16.0. The molecule has 2 atom stereocenters. The molecule has 0 aromatic heterocycles. The van der Waals surface area contributed by atoms with E-state index in [1.165, 1.54) is 7.11 Å². The number of alkyl carbamates (subject to hydrolysis) is 1. The third-order valence-electron chi connectivity index (χ3n) is 5.09. The zero-order valence-electron chi connectivity index (χ0n) is 14.5. The van der Waals surface area contributed by atoms with Crippen LogP contribution in [0.4, 0.5) is 4.79 Å². The maximum atomic E-state index is 12.2. The molecule has 1 unspecified atom stereocenters. The fourth-order valence-electron chi connectivity index (χ4n) is 3.35. The van der Waals surface area contributed by atoms with Crippen LogP contribution in [0.1, 0.15) is 37.7 Å². The van der Waals surface area contributed by atoms with E-state index in [0.717, 1.165) is 37.7 Å². The molecule has 0 radical (unpaired) electrons. The quantitative estimate of drug-likeness (QED) is 0.829. The van der Waals surface area contributed by atoms with E-state index in [9.17, 15) is 9.59 Å². The molecule has 2 fully saturated rings. The van der Waals surface area contributed by atoms with Crippen LogP contribution in [0.2, 0.25) is 0 Å². The molecule has 0 bridgehead atoms. The number of hydrogen-bond acceptors (Lipinski definition) is 5. The van der Waals surface area contributed by atoms with E-state index in [1.54, 1.807) is 0 Å². The third kappa shape index (κ3) is 4.72. The number of methoxy groups -OCH3 is 1. The summed E-state index contributed by atoms with van der Waals surface area (Å²) in [4.78, 5) is 24.3. The molecular formula is C19H25NO5. The lowest BCUT2D eigenvalue weighted by Crippen LogP contribution is -2.47. The van der Waals surface area contributed by atoms with Gasteiger partial charge in [-0.1, -0.05) is 30.3 Å². The highest BCUT2D eigenvalue weighted by Gasteiger charge is 2.46. The molecule has 1 amide bonds. The summed E-state index contributed by atoms with van der Waals surface area (Å²) >= 11 is 0. The van der Waals surface area contributed by atoms with Crippen LogP contribution < -0.4 is 5.32 Å². The maximum Gasteiger partial charge on any atom is 0.408 e. The van der Waals surface area contributed by atoms with Crippen molar-refractivity contribution in [3.63, 3.8) is 0 Å². The summed E-state index contributed by atoms with van der Waals surface area (Å²) in [5, 5.41) is 2.69. The average molecular weight is 347 g/mol. The molecule has 6 heteroatoms. The Morgan fingerprint density at radius 2 is 2.00 bits per heavy atom. The SMILES string of the molecule is COC(=O)C(NC(=O)OCc1ccccc1)[C@H]1CCOC2(CC1)CC2. The molecule has 1 aliphatic carbocycles. The van der Waals surface area contributed by atoms with Crippen LogP contribution in [0.3, 0.4) is 0 Å². The fraction of sp³-hybridized carbons (Fsp3) is 0.579. The van der Waals surface area contributed by atoms with Crippen molar-refractivity contribution in [1.29, 1.82) is 0 Å². The molecule has 1 N–H and O–H groups in total. The number of carbonyl (C=O) groups excluding carboxylic acids is 2. The Kier molecular flexibility index (Phi) is 5.58. The van der Waals surface area contributed by atoms with Crippen molar-refractivity contribution < 1.29 is 23.8 Å². The van der Waals surface area contributed by atoms with Crippen LogP contribution in [0.15, 0.2) is 30.3 Å². The van der Waals surface area contributed by atoms with Crippen LogP contribution in [-0.2, 0) is 25.6 Å². The molecule has 1 spiro atoms. The normalized spacial score (nSPS) is 22.5. The van der Waals surface area contributed by atoms with Crippen LogP contribution in [0.25, 0.3) is 0 Å². The molecule has 136 valence electrons. The van der Waals surface area contributed by atoms with E-state index >= 15 is 0 Å². The Morgan fingerprint density at radius 3 is 2.68 bits per heavy atom. The van der Waals surface area contributed by atoms with Gasteiger partial charge in [-0.15, -0.1) is 0 Å². The molecule has 3 rings (SSSR count). The Bertz CT molecular complexity index is 599. The number of hydrogen-bond donors (Lipinski definition) is 1. The first-order chi connectivity index (χ1) is 12.1. The van der Waals surface area contributed by atoms with Crippen molar-refractivity contribution in [2.24, 2.45) is 5.92 Å². The predicted molar refractivity (Wildman–Crippen MR) is 90.8 cm³/mol. The van der Waals surface area contributed by atoms with Gasteiger partial charge in [0.05, 0.1) is 12.7 Å². The zero-order valence-corrected chi connectivity index (χ0v) is 14.5. The van der Waals surface area contributed by atoms with E-state index in [4.69, 9.17) is 14.2 Å². The van der Waals surface area contributed by atoms with Crippen LogP contribution >= 0.6 is 0 Å². The first kappa shape index (κ1) is 17.7. The smallest absolute Gasteiger partial charge is 0.408 e. The first-order valence-corrected chi connectivity index (χ1v) is 8.81. The molecule has 2 aliphatic rings. The summed E-state index contributed by atoms with van der Waals surface area (Å²) in [6.45, 7) is 0.774. The van der Waals surface area contributed by atoms with Crippen LogP contribution in [0.5, 0.6) is 0 Å². The highest BCUT2D eigenvalue weighted by Crippen LogP contribution is 2.46. The van der Waals surface area contributed by atoms with Gasteiger partial charge in [0.2, 0.25) is 0 Å². The number of rotatable bonds is 5. The minimum Gasteiger partial charge on any atom is -0.467 e. The first-order valence-electron chi connectivity index (χ1n) is 8.81. The highest BCUT2D eigenvalue weighted by atomic mass is 16.6. The van der Waals surface area contributed by atoms with E-state index in [0.29, 0.717) is 6.61 Å². The lowest BCUT2D eigenvalue weighted by molar-refractivity contribution is -0.144. The molecule has 1 heterocycles. The van der Waals surface area contributed by atoms with Crippen molar-refractivity contribution in [3.8, 4) is 0 Å². The number of benzene rings is 1. The van der Waals surface area contributed by atoms with Gasteiger partial charge in [-0.3, -0.25) is 0 Å². The van der Waals surface area contributed by atoms with Gasteiger partial charge in [0.25, 0.3) is 0 Å². The van der Waals surface area contributed by atoms with Crippen molar-refractivity contribution >= 4 is 12.1 Å². The largest absolute Gasteiger partial charge is 0.467 e. The lowest BCUT2D eigenvalue weighted by Gasteiger charge is -2.24. The van der Waals surface area contributed by atoms with Gasteiger partial charge in [0.15, 0.2) is 0 Å². The Balaban J connectivity index is 1.56. The molecule has 1 saturated carbocycles. The lowest BCUT2D eigenvalue weighted by atomic mass is 9.91. The summed E-state index contributed by atoms with van der Waals surface area (Å²) in [6.07, 6.45) is 4.06. The number of nitrogens with one attached hydrogen (secondary N) is 1. The van der Waals surface area contributed by atoms with Gasteiger partial charge in [-0.05, 0) is 43.6 Å². The third-order valence-corrected chi connectivity index (χ3v) is 5.09. The van der Waals surface area contributed by atoms with Gasteiger partial charge < -0.3 is 19.5 Å². The van der Waals surface area contributed by atoms with E-state index in [2.05, 4.69) is 5.32 Å². The molecule has 1 saturated heterocycles. The molecular weight excluding hydrogens is 322 g/mol. The number of esters is 1. The highest BCUT2D eigenvalue weighted by molar-refractivity contribution is 5.81. The fourth-order valence-corrected chi connectivity index (χ4v) is 3.35. The summed E-state index contributed by atoms with van der Waals surface area (Å²) in [5.41, 5.74) is 0.925. The van der Waals surface area contributed by atoms with Gasteiger partial charge in [-0.25, -0.2) is 9.59 Å².